The van der Waals surface area contributed by atoms with Crippen LogP contribution in [-0.4, -0.2) is 107 Å². The first-order chi connectivity index (χ1) is 34.9. The molecule has 2 aliphatic rings. The third-order valence-corrected chi connectivity index (χ3v) is 12.7. The summed E-state index contributed by atoms with van der Waals surface area (Å²) in [5.41, 5.74) is 7.37. The maximum Gasteiger partial charge on any atom is 2.00 e. The van der Waals surface area contributed by atoms with Gasteiger partial charge in [0.05, 0.1) is 48.6 Å². The van der Waals surface area contributed by atoms with Gasteiger partial charge in [0.2, 0.25) is 11.8 Å². The van der Waals surface area contributed by atoms with Gasteiger partial charge in [-0.15, -0.1) is 0 Å². The van der Waals surface area contributed by atoms with E-state index in [0.29, 0.717) is 70.5 Å². The molecule has 10 rings (SSSR count). The fourth-order valence-corrected chi connectivity index (χ4v) is 8.92. The number of fused-ring (bicyclic) bond motifs is 2. The minimum atomic E-state index is -1.29. The molecule has 0 spiro atoms. The zero-order chi connectivity index (χ0) is 50.1. The van der Waals surface area contributed by atoms with E-state index in [0.717, 1.165) is 44.8 Å². The first-order valence-corrected chi connectivity index (χ1v) is 23.7. The molecule has 2 aliphatic heterocycles. The van der Waals surface area contributed by atoms with Crippen molar-refractivity contribution in [3.8, 4) is 34.4 Å². The predicted octanol–water partition coefficient (Wildman–Crippen LogP) is 7.49. The molecule has 4 heterocycles. The van der Waals surface area contributed by atoms with E-state index >= 15 is 0 Å². The largest absolute Gasteiger partial charge is 2.00 e. The van der Waals surface area contributed by atoms with E-state index in [2.05, 4.69) is 9.97 Å². The van der Waals surface area contributed by atoms with Crippen molar-refractivity contribution in [3.05, 3.63) is 213 Å². The molecule has 6 aromatic carbocycles. The summed E-state index contributed by atoms with van der Waals surface area (Å²) < 4.78 is 23.0. The number of nitrogens with zero attached hydrogens (tertiary/aromatic N) is 4. The minimum absolute atomic E-state index is 0. The summed E-state index contributed by atoms with van der Waals surface area (Å²) >= 11 is 12.1. The summed E-state index contributed by atoms with van der Waals surface area (Å²) in [6.07, 6.45) is 4.67. The van der Waals surface area contributed by atoms with E-state index < -0.39 is 35.8 Å². The van der Waals surface area contributed by atoms with Crippen LogP contribution in [0.25, 0.3) is 22.9 Å². The van der Waals surface area contributed by atoms with Crippen molar-refractivity contribution in [2.45, 2.75) is 50.9 Å². The molecule has 0 saturated heterocycles. The normalized spacial score (nSPS) is 14.6. The van der Waals surface area contributed by atoms with Crippen molar-refractivity contribution in [3.63, 3.8) is 0 Å². The minimum Gasteiger partial charge on any atom is -0.548 e. The van der Waals surface area contributed by atoms with Crippen molar-refractivity contribution in [2.75, 3.05) is 13.2 Å². The Labute approximate surface area is 460 Å². The van der Waals surface area contributed by atoms with Gasteiger partial charge in [0.15, 0.2) is 0 Å². The smallest absolute Gasteiger partial charge is 0.548 e. The molecular formula is C56H44CaCl2N4O10. The van der Waals surface area contributed by atoms with Gasteiger partial charge in [-0.3, -0.25) is 9.59 Å². The van der Waals surface area contributed by atoms with Crippen molar-refractivity contribution >= 4 is 84.7 Å². The number of benzene rings is 6. The first-order valence-electron chi connectivity index (χ1n) is 23.0. The summed E-state index contributed by atoms with van der Waals surface area (Å²) in [6, 6.07) is 41.1. The van der Waals surface area contributed by atoms with Crippen molar-refractivity contribution in [1.29, 1.82) is 0 Å². The Hall–Kier alpha value is -6.94. The molecule has 2 unspecified atom stereocenters. The molecule has 0 saturated carbocycles. The van der Waals surface area contributed by atoms with Crippen molar-refractivity contribution in [2.24, 2.45) is 0 Å². The second-order valence-corrected chi connectivity index (χ2v) is 17.9. The zero-order valence-electron chi connectivity index (χ0n) is 39.2. The second-order valence-electron chi connectivity index (χ2n) is 17.0. The molecule has 14 nitrogen and oxygen atoms in total. The second kappa shape index (κ2) is 24.2. The van der Waals surface area contributed by atoms with Crippen molar-refractivity contribution in [1.82, 2.24) is 19.8 Å². The number of ether oxygens (including phenoxy) is 2. The number of hydrogen-bond acceptors (Lipinski definition) is 12. The fraction of sp³-hybridized carbons (Fsp3) is 0.179. The number of carboxylic acids is 2. The van der Waals surface area contributed by atoms with Gasteiger partial charge in [-0.1, -0.05) is 83.9 Å². The Morgan fingerprint density at radius 1 is 0.534 bits per heavy atom. The number of carbonyl (C=O) groups is 4. The van der Waals surface area contributed by atoms with Crippen LogP contribution in [0.5, 0.6) is 11.5 Å². The third kappa shape index (κ3) is 13.0. The van der Waals surface area contributed by atoms with E-state index in [1.807, 2.05) is 84.9 Å². The molecule has 0 fully saturated rings. The molecule has 364 valence electrons. The monoisotopic (exact) mass is 1040 g/mol. The number of rotatable bonds is 14. The number of aromatic nitrogens is 2. The van der Waals surface area contributed by atoms with E-state index in [1.165, 1.54) is 21.9 Å². The van der Waals surface area contributed by atoms with Crippen LogP contribution in [0.1, 0.15) is 54.4 Å². The number of halogens is 2. The number of oxazole rings is 2. The molecule has 0 bridgehead atoms. The standard InChI is InChI=1S/2C28H23ClN2O5.Ca/c2*29-22-8-4-7-20(13-22)27(32)31-16-21-14-24(10-9-19(21)15-25(31)28(33)34)35-12-11-23-17-36-26(30-23)18-5-2-1-3-6-18;/h2*1-10,13-14,17,25H,11-12,15-16H2,(H,33,34);/q;;+2/p-2. The maximum absolute atomic E-state index is 13.1. The average molecular weight is 1040 g/mol. The van der Waals surface area contributed by atoms with Gasteiger partial charge in [-0.2, -0.15) is 0 Å². The topological polar surface area (TPSA) is 191 Å². The van der Waals surface area contributed by atoms with E-state index in [1.54, 1.807) is 61.1 Å². The quantitative estimate of drug-likeness (QED) is 0.0977. The van der Waals surface area contributed by atoms with Crippen LogP contribution in [0, 0.1) is 0 Å². The van der Waals surface area contributed by atoms with Crippen LogP contribution in [0.15, 0.2) is 167 Å². The summed E-state index contributed by atoms with van der Waals surface area (Å²) in [4.78, 5) is 61.6. The van der Waals surface area contributed by atoms with Gasteiger partial charge in [-0.05, 0) is 120 Å². The summed E-state index contributed by atoms with van der Waals surface area (Å²) in [7, 11) is 0. The summed E-state index contributed by atoms with van der Waals surface area (Å²) in [5.74, 6) is -1.03. The third-order valence-electron chi connectivity index (χ3n) is 12.2. The van der Waals surface area contributed by atoms with Gasteiger partial charge in [0.25, 0.3) is 11.8 Å². The van der Waals surface area contributed by atoms with Gasteiger partial charge >= 0.3 is 37.7 Å². The fourth-order valence-electron chi connectivity index (χ4n) is 8.54. The van der Waals surface area contributed by atoms with Gasteiger partial charge in [-0.25, -0.2) is 9.97 Å². The molecule has 2 aromatic heterocycles. The molecule has 17 heteroatoms. The number of carboxylic acid groups (broad SMARTS) is 2. The molecule has 2 amide bonds. The molecular weight excluding hydrogens is 1000 g/mol. The SMILES string of the molecule is O=C([O-])C1Cc2ccc(OCCc3coc(-c4ccccc4)n3)cc2CN1C(=O)c1cccc(Cl)c1.O=C([O-])C1Cc2ccc(OCCc3coc(-c4ccccc4)n3)cc2CN1C(=O)c1cccc(Cl)c1.[Ca+2]. The number of amides is 2. The van der Waals surface area contributed by atoms with E-state index in [-0.39, 0.29) is 63.7 Å². The zero-order valence-corrected chi connectivity index (χ0v) is 42.9. The molecule has 8 aromatic rings. The Morgan fingerprint density at radius 3 is 1.33 bits per heavy atom. The Balaban J connectivity index is 0.000000192. The maximum atomic E-state index is 13.1. The van der Waals surface area contributed by atoms with Crippen LogP contribution in [0.3, 0.4) is 0 Å². The molecule has 73 heavy (non-hydrogen) atoms. The van der Waals surface area contributed by atoms with Crippen molar-refractivity contribution < 1.29 is 47.7 Å². The van der Waals surface area contributed by atoms with Gasteiger partial charge < -0.3 is 47.9 Å². The first kappa shape index (κ1) is 52.4. The predicted molar refractivity (Wildman–Crippen MR) is 269 cm³/mol. The molecule has 0 aliphatic carbocycles. The summed E-state index contributed by atoms with van der Waals surface area (Å²) in [5, 5.41) is 24.5. The van der Waals surface area contributed by atoms with Gasteiger partial charge in [0.1, 0.15) is 24.0 Å². The number of aliphatic carboxylic acids is 2. The van der Waals surface area contributed by atoms with E-state index in [4.69, 9.17) is 41.5 Å². The average Bonchev–Trinajstić information content (AvgIpc) is 4.09. The number of carbonyl (C=O) groups excluding carboxylic acids is 4. The van der Waals surface area contributed by atoms with Gasteiger partial charge in [0, 0.05) is 58.2 Å². The van der Waals surface area contributed by atoms with Crippen LogP contribution < -0.4 is 19.7 Å². The van der Waals surface area contributed by atoms with Crippen LogP contribution in [-0.2, 0) is 48.4 Å². The number of hydrogen-bond donors (Lipinski definition) is 0. The van der Waals surface area contributed by atoms with Crippen LogP contribution >= 0.6 is 23.2 Å². The molecule has 2 atom stereocenters. The van der Waals surface area contributed by atoms with Crippen LogP contribution in [0.2, 0.25) is 10.0 Å². The molecule has 0 N–H and O–H groups in total. The Bertz CT molecular complexity index is 3030. The van der Waals surface area contributed by atoms with E-state index in [9.17, 15) is 29.4 Å². The van der Waals surface area contributed by atoms with Crippen LogP contribution in [0.4, 0.5) is 0 Å². The molecule has 0 radical (unpaired) electrons. The Morgan fingerprint density at radius 2 is 0.945 bits per heavy atom. The Kier molecular flexibility index (Phi) is 17.4. The summed E-state index contributed by atoms with van der Waals surface area (Å²) in [6.45, 7) is 1.01.